The molecule has 0 spiro atoms. The van der Waals surface area contributed by atoms with Crippen LogP contribution in [0.2, 0.25) is 10.0 Å². The van der Waals surface area contributed by atoms with Crippen LogP contribution in [0.25, 0.3) is 0 Å². The van der Waals surface area contributed by atoms with Crippen LogP contribution in [0.3, 0.4) is 0 Å². The average molecular weight is 545 g/mol. The zero-order valence-corrected chi connectivity index (χ0v) is 21.9. The zero-order valence-electron chi connectivity index (χ0n) is 18.7. The van der Waals surface area contributed by atoms with E-state index in [4.69, 9.17) is 40.2 Å². The van der Waals surface area contributed by atoms with Crippen LogP contribution < -0.4 is 15.4 Å². The Morgan fingerprint density at radius 1 is 1.15 bits per heavy atom. The van der Waals surface area contributed by atoms with E-state index >= 15 is 0 Å². The molecular weight excluding hydrogens is 517 g/mol. The number of sulfonamides is 1. The molecule has 1 amide bonds. The molecule has 0 atom stereocenters. The van der Waals surface area contributed by atoms with Gasteiger partial charge in [-0.2, -0.15) is 4.31 Å². The SMILES string of the molecule is CC1CCN(S(=O)(=O)c2ccc(NC(=S)NC(=O)CCCOc3ccc(Cl)cc3Cl)cc2)CC1. The number of halogens is 2. The number of rotatable bonds is 8. The van der Waals surface area contributed by atoms with Crippen LogP contribution in [-0.4, -0.2) is 43.4 Å². The van der Waals surface area contributed by atoms with Crippen molar-refractivity contribution in [2.45, 2.75) is 37.5 Å². The van der Waals surface area contributed by atoms with Crippen LogP contribution in [0, 0.1) is 5.92 Å². The molecule has 0 unspecified atom stereocenters. The fourth-order valence-corrected chi connectivity index (χ4v) is 5.61. The molecule has 184 valence electrons. The van der Waals surface area contributed by atoms with Crippen LogP contribution in [0.15, 0.2) is 47.4 Å². The predicted octanol–water partition coefficient (Wildman–Crippen LogP) is 5.09. The summed E-state index contributed by atoms with van der Waals surface area (Å²) < 4.78 is 32.7. The molecule has 0 bridgehead atoms. The van der Waals surface area contributed by atoms with E-state index < -0.39 is 10.0 Å². The topological polar surface area (TPSA) is 87.7 Å². The summed E-state index contributed by atoms with van der Waals surface area (Å²) in [6, 6.07) is 11.3. The van der Waals surface area contributed by atoms with Gasteiger partial charge in [-0.05, 0) is 79.9 Å². The monoisotopic (exact) mass is 543 g/mol. The third-order valence-corrected chi connectivity index (χ3v) is 8.09. The minimum atomic E-state index is -3.51. The molecule has 0 aromatic heterocycles. The number of thiocarbonyl (C=S) groups is 1. The second-order valence-corrected chi connectivity index (χ2v) is 11.3. The second kappa shape index (κ2) is 12.2. The van der Waals surface area contributed by atoms with Crippen LogP contribution in [0.4, 0.5) is 5.69 Å². The lowest BCUT2D eigenvalue weighted by atomic mass is 10.0. The first-order chi connectivity index (χ1) is 16.1. The Morgan fingerprint density at radius 3 is 2.47 bits per heavy atom. The van der Waals surface area contributed by atoms with Gasteiger partial charge in [-0.15, -0.1) is 0 Å². The Kier molecular flexibility index (Phi) is 9.56. The maximum Gasteiger partial charge on any atom is 0.243 e. The highest BCUT2D eigenvalue weighted by Gasteiger charge is 2.27. The van der Waals surface area contributed by atoms with Gasteiger partial charge >= 0.3 is 0 Å². The number of piperidine rings is 1. The van der Waals surface area contributed by atoms with E-state index in [-0.39, 0.29) is 22.3 Å². The van der Waals surface area contributed by atoms with Gasteiger partial charge in [0.15, 0.2) is 5.11 Å². The molecule has 1 aliphatic heterocycles. The van der Waals surface area contributed by atoms with Gasteiger partial charge in [0.1, 0.15) is 5.75 Å². The lowest BCUT2D eigenvalue weighted by Crippen LogP contribution is -2.37. The Hall–Kier alpha value is -1.91. The van der Waals surface area contributed by atoms with Gasteiger partial charge in [0, 0.05) is 30.2 Å². The van der Waals surface area contributed by atoms with Crippen molar-refractivity contribution in [1.82, 2.24) is 9.62 Å². The number of hydrogen-bond acceptors (Lipinski definition) is 5. The summed E-state index contributed by atoms with van der Waals surface area (Å²) in [6.07, 6.45) is 2.41. The maximum absolute atomic E-state index is 12.8. The van der Waals surface area contributed by atoms with Crippen LogP contribution in [0.1, 0.15) is 32.6 Å². The minimum absolute atomic E-state index is 0.132. The number of anilines is 1. The molecule has 2 aromatic rings. The van der Waals surface area contributed by atoms with Crippen molar-refractivity contribution >= 4 is 62.2 Å². The first-order valence-electron chi connectivity index (χ1n) is 10.9. The molecule has 34 heavy (non-hydrogen) atoms. The van der Waals surface area contributed by atoms with E-state index in [9.17, 15) is 13.2 Å². The highest BCUT2D eigenvalue weighted by atomic mass is 35.5. The van der Waals surface area contributed by atoms with Gasteiger partial charge in [0.2, 0.25) is 15.9 Å². The Balaban J connectivity index is 1.42. The van der Waals surface area contributed by atoms with E-state index in [1.807, 2.05) is 0 Å². The smallest absolute Gasteiger partial charge is 0.243 e. The molecule has 3 rings (SSSR count). The van der Waals surface area contributed by atoms with Crippen molar-refractivity contribution in [2.24, 2.45) is 5.92 Å². The summed E-state index contributed by atoms with van der Waals surface area (Å²) in [4.78, 5) is 12.4. The first kappa shape index (κ1) is 26.7. The van der Waals surface area contributed by atoms with Crippen molar-refractivity contribution in [3.8, 4) is 5.75 Å². The van der Waals surface area contributed by atoms with Crippen molar-refractivity contribution in [3.63, 3.8) is 0 Å². The van der Waals surface area contributed by atoms with Crippen molar-refractivity contribution in [1.29, 1.82) is 0 Å². The molecule has 1 fully saturated rings. The number of hydrogen-bond donors (Lipinski definition) is 2. The second-order valence-electron chi connectivity index (χ2n) is 8.14. The number of nitrogens with zero attached hydrogens (tertiary/aromatic N) is 1. The van der Waals surface area contributed by atoms with Gasteiger partial charge in [0.25, 0.3) is 0 Å². The molecular formula is C23H27Cl2N3O4S2. The van der Waals surface area contributed by atoms with E-state index in [2.05, 4.69) is 17.6 Å². The summed E-state index contributed by atoms with van der Waals surface area (Å²) in [5.74, 6) is 0.787. The molecule has 1 heterocycles. The van der Waals surface area contributed by atoms with Gasteiger partial charge in [-0.25, -0.2) is 8.42 Å². The third kappa shape index (κ3) is 7.55. The number of amides is 1. The average Bonchev–Trinajstić information content (AvgIpc) is 2.78. The zero-order chi connectivity index (χ0) is 24.7. The van der Waals surface area contributed by atoms with Gasteiger partial charge < -0.3 is 15.4 Å². The van der Waals surface area contributed by atoms with Crippen LogP contribution >= 0.6 is 35.4 Å². The van der Waals surface area contributed by atoms with Gasteiger partial charge in [-0.3, -0.25) is 4.79 Å². The summed E-state index contributed by atoms with van der Waals surface area (Å²) in [6.45, 7) is 3.52. The van der Waals surface area contributed by atoms with E-state index in [1.165, 1.54) is 4.31 Å². The highest BCUT2D eigenvalue weighted by molar-refractivity contribution is 7.89. The molecule has 7 nitrogen and oxygen atoms in total. The molecule has 1 saturated heterocycles. The van der Waals surface area contributed by atoms with Gasteiger partial charge in [0.05, 0.1) is 16.5 Å². The largest absolute Gasteiger partial charge is 0.492 e. The summed E-state index contributed by atoms with van der Waals surface area (Å²) in [5, 5.41) is 6.56. The van der Waals surface area contributed by atoms with Crippen molar-refractivity contribution < 1.29 is 17.9 Å². The summed E-state index contributed by atoms with van der Waals surface area (Å²) in [7, 11) is -3.51. The lowest BCUT2D eigenvalue weighted by molar-refractivity contribution is -0.119. The molecule has 2 aromatic carbocycles. The maximum atomic E-state index is 12.8. The Labute approximate surface area is 215 Å². The quantitative estimate of drug-likeness (QED) is 0.356. The summed E-state index contributed by atoms with van der Waals surface area (Å²) >= 11 is 17.1. The molecule has 0 radical (unpaired) electrons. The van der Waals surface area contributed by atoms with Crippen LogP contribution in [-0.2, 0) is 14.8 Å². The normalized spacial score (nSPS) is 15.0. The molecule has 2 N–H and O–H groups in total. The fourth-order valence-electron chi connectivity index (χ4n) is 3.44. The van der Waals surface area contributed by atoms with E-state index in [1.54, 1.807) is 42.5 Å². The van der Waals surface area contributed by atoms with Crippen molar-refractivity contribution in [2.75, 3.05) is 25.0 Å². The summed E-state index contributed by atoms with van der Waals surface area (Å²) in [5.41, 5.74) is 0.581. The molecule has 11 heteroatoms. The number of nitrogens with one attached hydrogen (secondary N) is 2. The number of carbonyl (C=O) groups is 1. The third-order valence-electron chi connectivity index (χ3n) is 5.45. The first-order valence-corrected chi connectivity index (χ1v) is 13.5. The van der Waals surface area contributed by atoms with Crippen LogP contribution in [0.5, 0.6) is 5.75 Å². The predicted molar refractivity (Wildman–Crippen MR) is 139 cm³/mol. The molecule has 1 aliphatic rings. The molecule has 0 aliphatic carbocycles. The Morgan fingerprint density at radius 2 is 1.82 bits per heavy atom. The highest BCUT2D eigenvalue weighted by Crippen LogP contribution is 2.27. The fraction of sp³-hybridized carbons (Fsp3) is 0.391. The lowest BCUT2D eigenvalue weighted by Gasteiger charge is -2.29. The van der Waals surface area contributed by atoms with Gasteiger partial charge in [-0.1, -0.05) is 30.1 Å². The standard InChI is InChI=1S/C23H27Cl2N3O4S2/c1-16-10-12-28(13-11-16)34(30,31)19-7-5-18(6-8-19)26-23(33)27-22(29)3-2-14-32-21-9-4-17(24)15-20(21)25/h4-9,15-16H,2-3,10-14H2,1H3,(H2,26,27,29,33). The van der Waals surface area contributed by atoms with E-state index in [0.29, 0.717) is 53.5 Å². The number of ether oxygens (including phenoxy) is 1. The number of benzene rings is 2. The number of carbonyl (C=O) groups excluding carboxylic acids is 1. The Bertz CT molecular complexity index is 1120. The minimum Gasteiger partial charge on any atom is -0.492 e. The van der Waals surface area contributed by atoms with Crippen molar-refractivity contribution in [3.05, 3.63) is 52.5 Å². The van der Waals surface area contributed by atoms with E-state index in [0.717, 1.165) is 12.8 Å². The molecule has 0 saturated carbocycles.